The standard InChI is InChI=1S/C13H25N7O/c1-4-20(5-2)13-16-11(18-14)15-12(17-13)19(3)10-6-8-21-9-7-10/h10H,4-9,14H2,1-3H3,(H,15,16,17,18). The van der Waals surface area contributed by atoms with Crippen LogP contribution < -0.4 is 21.1 Å². The van der Waals surface area contributed by atoms with Gasteiger partial charge in [-0.3, -0.25) is 5.43 Å². The Morgan fingerprint density at radius 3 is 2.33 bits per heavy atom. The summed E-state index contributed by atoms with van der Waals surface area (Å²) >= 11 is 0. The molecule has 118 valence electrons. The highest BCUT2D eigenvalue weighted by Gasteiger charge is 2.22. The smallest absolute Gasteiger partial charge is 0.243 e. The van der Waals surface area contributed by atoms with Crippen molar-refractivity contribution in [3.05, 3.63) is 0 Å². The summed E-state index contributed by atoms with van der Waals surface area (Å²) in [6.45, 7) is 7.39. The lowest BCUT2D eigenvalue weighted by Crippen LogP contribution is -2.38. The molecule has 1 aliphatic rings. The molecule has 1 aliphatic heterocycles. The summed E-state index contributed by atoms with van der Waals surface area (Å²) in [5.41, 5.74) is 2.53. The molecule has 2 heterocycles. The number of aromatic nitrogens is 3. The molecule has 0 unspecified atom stereocenters. The Balaban J connectivity index is 2.26. The van der Waals surface area contributed by atoms with Gasteiger partial charge in [-0.2, -0.15) is 15.0 Å². The van der Waals surface area contributed by atoms with Gasteiger partial charge < -0.3 is 14.5 Å². The van der Waals surface area contributed by atoms with Gasteiger partial charge in [0.15, 0.2) is 0 Å². The molecule has 0 amide bonds. The minimum atomic E-state index is 0.385. The first kappa shape index (κ1) is 15.7. The third kappa shape index (κ3) is 3.70. The van der Waals surface area contributed by atoms with E-state index in [9.17, 15) is 0 Å². The lowest BCUT2D eigenvalue weighted by atomic mass is 10.1. The van der Waals surface area contributed by atoms with Crippen molar-refractivity contribution >= 4 is 17.8 Å². The molecule has 0 bridgehead atoms. The maximum Gasteiger partial charge on any atom is 0.243 e. The Hall–Kier alpha value is -1.67. The van der Waals surface area contributed by atoms with Gasteiger partial charge in [-0.05, 0) is 26.7 Å². The van der Waals surface area contributed by atoms with Gasteiger partial charge in [-0.15, -0.1) is 0 Å². The SMILES string of the molecule is CCN(CC)c1nc(NN)nc(N(C)C2CCOCC2)n1. The van der Waals surface area contributed by atoms with E-state index in [1.807, 2.05) is 7.05 Å². The molecular weight excluding hydrogens is 270 g/mol. The number of nitrogens with one attached hydrogen (secondary N) is 1. The van der Waals surface area contributed by atoms with E-state index in [1.165, 1.54) is 0 Å². The Morgan fingerprint density at radius 1 is 1.14 bits per heavy atom. The molecule has 3 N–H and O–H groups in total. The lowest BCUT2D eigenvalue weighted by Gasteiger charge is -2.31. The van der Waals surface area contributed by atoms with Gasteiger partial charge in [-0.25, -0.2) is 5.84 Å². The highest BCUT2D eigenvalue weighted by atomic mass is 16.5. The van der Waals surface area contributed by atoms with E-state index in [2.05, 4.69) is 44.0 Å². The highest BCUT2D eigenvalue weighted by Crippen LogP contribution is 2.21. The molecule has 1 saturated heterocycles. The number of ether oxygens (including phenoxy) is 1. The second-order valence-corrected chi connectivity index (χ2v) is 5.03. The van der Waals surface area contributed by atoms with Crippen LogP contribution in [0.2, 0.25) is 0 Å². The van der Waals surface area contributed by atoms with Crippen molar-refractivity contribution in [2.45, 2.75) is 32.7 Å². The van der Waals surface area contributed by atoms with Crippen molar-refractivity contribution in [2.24, 2.45) is 5.84 Å². The Morgan fingerprint density at radius 2 is 1.76 bits per heavy atom. The third-order valence-corrected chi connectivity index (χ3v) is 3.84. The monoisotopic (exact) mass is 295 g/mol. The largest absolute Gasteiger partial charge is 0.381 e. The van der Waals surface area contributed by atoms with Crippen molar-refractivity contribution in [1.82, 2.24) is 15.0 Å². The average Bonchev–Trinajstić information content (AvgIpc) is 2.55. The van der Waals surface area contributed by atoms with Gasteiger partial charge in [0.2, 0.25) is 17.8 Å². The van der Waals surface area contributed by atoms with Gasteiger partial charge in [0, 0.05) is 39.4 Å². The van der Waals surface area contributed by atoms with Gasteiger partial charge in [0.05, 0.1) is 0 Å². The maximum absolute atomic E-state index is 5.49. The quantitative estimate of drug-likeness (QED) is 0.583. The summed E-state index contributed by atoms with van der Waals surface area (Å²) in [5, 5.41) is 0. The lowest BCUT2D eigenvalue weighted by molar-refractivity contribution is 0.0852. The summed E-state index contributed by atoms with van der Waals surface area (Å²) in [6, 6.07) is 0.385. The number of nitrogens with zero attached hydrogens (tertiary/aromatic N) is 5. The maximum atomic E-state index is 5.49. The summed E-state index contributed by atoms with van der Waals surface area (Å²) < 4.78 is 5.41. The van der Waals surface area contributed by atoms with Crippen LogP contribution in [-0.2, 0) is 4.74 Å². The van der Waals surface area contributed by atoms with E-state index in [-0.39, 0.29) is 0 Å². The van der Waals surface area contributed by atoms with Gasteiger partial charge in [0.25, 0.3) is 0 Å². The van der Waals surface area contributed by atoms with E-state index in [0.717, 1.165) is 39.1 Å². The van der Waals surface area contributed by atoms with Crippen LogP contribution in [0.5, 0.6) is 0 Å². The third-order valence-electron chi connectivity index (χ3n) is 3.84. The van der Waals surface area contributed by atoms with Crippen LogP contribution in [0.1, 0.15) is 26.7 Å². The first-order valence-electron chi connectivity index (χ1n) is 7.47. The van der Waals surface area contributed by atoms with E-state index in [0.29, 0.717) is 23.9 Å². The normalized spacial score (nSPS) is 15.8. The number of hydrazine groups is 1. The fourth-order valence-electron chi connectivity index (χ4n) is 2.46. The van der Waals surface area contributed by atoms with Crippen LogP contribution in [0.15, 0.2) is 0 Å². The minimum Gasteiger partial charge on any atom is -0.381 e. The van der Waals surface area contributed by atoms with Crippen molar-refractivity contribution in [3.8, 4) is 0 Å². The average molecular weight is 295 g/mol. The molecule has 1 aromatic rings. The zero-order valence-corrected chi connectivity index (χ0v) is 13.0. The Labute approximate surface area is 125 Å². The minimum absolute atomic E-state index is 0.385. The Kier molecular flexibility index (Phi) is 5.51. The highest BCUT2D eigenvalue weighted by molar-refractivity contribution is 5.45. The molecular formula is C13H25N7O. The molecule has 0 atom stereocenters. The molecule has 1 fully saturated rings. The first-order chi connectivity index (χ1) is 10.2. The van der Waals surface area contributed by atoms with Gasteiger partial charge >= 0.3 is 0 Å². The zero-order chi connectivity index (χ0) is 15.2. The summed E-state index contributed by atoms with van der Waals surface area (Å²) in [4.78, 5) is 17.5. The molecule has 0 aliphatic carbocycles. The van der Waals surface area contributed by atoms with Crippen molar-refractivity contribution in [2.75, 3.05) is 48.6 Å². The number of hydrogen-bond acceptors (Lipinski definition) is 8. The summed E-state index contributed by atoms with van der Waals surface area (Å²) in [5.74, 6) is 7.17. The van der Waals surface area contributed by atoms with Crippen LogP contribution in [0.3, 0.4) is 0 Å². The van der Waals surface area contributed by atoms with E-state index in [1.54, 1.807) is 0 Å². The molecule has 2 rings (SSSR count). The molecule has 0 radical (unpaired) electrons. The van der Waals surface area contributed by atoms with Crippen LogP contribution >= 0.6 is 0 Å². The predicted molar refractivity (Wildman–Crippen MR) is 83.4 cm³/mol. The van der Waals surface area contributed by atoms with Crippen LogP contribution in [0, 0.1) is 0 Å². The van der Waals surface area contributed by atoms with Crippen LogP contribution in [0.4, 0.5) is 17.8 Å². The predicted octanol–water partition coefficient (Wildman–Crippen LogP) is 0.619. The number of anilines is 3. The topological polar surface area (TPSA) is 92.4 Å². The summed E-state index contributed by atoms with van der Waals surface area (Å²) in [6.07, 6.45) is 1.96. The molecule has 0 spiro atoms. The van der Waals surface area contributed by atoms with E-state index in [4.69, 9.17) is 10.6 Å². The fraction of sp³-hybridized carbons (Fsp3) is 0.769. The fourth-order valence-corrected chi connectivity index (χ4v) is 2.46. The molecule has 1 aromatic heterocycles. The van der Waals surface area contributed by atoms with Crippen molar-refractivity contribution in [1.29, 1.82) is 0 Å². The molecule has 8 heteroatoms. The second kappa shape index (κ2) is 7.37. The van der Waals surface area contributed by atoms with Crippen molar-refractivity contribution in [3.63, 3.8) is 0 Å². The number of nitrogen functional groups attached to an aromatic ring is 1. The van der Waals surface area contributed by atoms with Crippen LogP contribution in [0.25, 0.3) is 0 Å². The summed E-state index contributed by atoms with van der Waals surface area (Å²) in [7, 11) is 2.01. The molecule has 21 heavy (non-hydrogen) atoms. The van der Waals surface area contributed by atoms with Crippen LogP contribution in [-0.4, -0.2) is 54.3 Å². The Bertz CT molecular complexity index is 446. The van der Waals surface area contributed by atoms with Gasteiger partial charge in [-0.1, -0.05) is 0 Å². The first-order valence-corrected chi connectivity index (χ1v) is 7.47. The number of rotatable bonds is 6. The van der Waals surface area contributed by atoms with E-state index < -0.39 is 0 Å². The zero-order valence-electron chi connectivity index (χ0n) is 13.0. The van der Waals surface area contributed by atoms with Crippen molar-refractivity contribution < 1.29 is 4.74 Å². The number of nitrogens with two attached hydrogens (primary N) is 1. The molecule has 8 nitrogen and oxygen atoms in total. The number of hydrogen-bond donors (Lipinski definition) is 2. The van der Waals surface area contributed by atoms with E-state index >= 15 is 0 Å². The molecule has 0 aromatic carbocycles. The molecule has 0 saturated carbocycles. The second-order valence-electron chi connectivity index (χ2n) is 5.03. The van der Waals surface area contributed by atoms with Gasteiger partial charge in [0.1, 0.15) is 0 Å².